The van der Waals surface area contributed by atoms with Crippen LogP contribution >= 0.6 is 0 Å². The van der Waals surface area contributed by atoms with E-state index in [1.165, 1.54) is 0 Å². The fourth-order valence-electron chi connectivity index (χ4n) is 6.80. The summed E-state index contributed by atoms with van der Waals surface area (Å²) in [5, 5.41) is 5.60. The summed E-state index contributed by atoms with van der Waals surface area (Å²) < 4.78 is 21.4. The summed E-state index contributed by atoms with van der Waals surface area (Å²) in [4.78, 5) is 50.1. The van der Waals surface area contributed by atoms with E-state index in [1.54, 1.807) is 13.8 Å². The number of unbranched alkanes of at least 4 members (excludes halogenated alkanes) is 2. The summed E-state index contributed by atoms with van der Waals surface area (Å²) in [6.07, 6.45) is 6.00. The van der Waals surface area contributed by atoms with Gasteiger partial charge in [-0.2, -0.15) is 0 Å². The highest BCUT2D eigenvalue weighted by atomic mass is 16.6. The third-order valence-corrected chi connectivity index (χ3v) is 9.11. The van der Waals surface area contributed by atoms with Crippen LogP contribution in [0.2, 0.25) is 0 Å². The van der Waals surface area contributed by atoms with Crippen LogP contribution in [0.1, 0.15) is 79.1 Å². The van der Waals surface area contributed by atoms with Crippen LogP contribution in [0.3, 0.4) is 0 Å². The molecule has 3 rings (SSSR count). The highest BCUT2D eigenvalue weighted by Crippen LogP contribution is 2.53. The van der Waals surface area contributed by atoms with Crippen LogP contribution in [0.5, 0.6) is 0 Å². The van der Waals surface area contributed by atoms with Crippen molar-refractivity contribution in [3.05, 3.63) is 24.3 Å². The molecule has 2 N–H and O–H groups in total. The van der Waals surface area contributed by atoms with Crippen LogP contribution in [-0.4, -0.2) is 87.7 Å². The number of ether oxygens (including phenoxy) is 4. The molecule has 2 saturated heterocycles. The molecule has 2 amide bonds. The first-order chi connectivity index (χ1) is 20.8. The third-order valence-electron chi connectivity index (χ3n) is 9.11. The molecular formula is C33H53N3O8. The summed E-state index contributed by atoms with van der Waals surface area (Å²) in [5.74, 6) is 0.406. The quantitative estimate of drug-likeness (QED) is 0.109. The van der Waals surface area contributed by atoms with E-state index in [0.29, 0.717) is 94.2 Å². The first-order valence-electron chi connectivity index (χ1n) is 16.0. The molecule has 0 aromatic carbocycles. The molecular weight excluding hydrogens is 566 g/mol. The van der Waals surface area contributed by atoms with Gasteiger partial charge in [-0.3, -0.25) is 4.90 Å². The van der Waals surface area contributed by atoms with E-state index in [-0.39, 0.29) is 10.8 Å². The number of alkyl carbamates (subject to hydrolysis) is 2. The highest BCUT2D eigenvalue weighted by Gasteiger charge is 2.54. The molecule has 1 aliphatic carbocycles. The van der Waals surface area contributed by atoms with E-state index in [2.05, 4.69) is 42.5 Å². The van der Waals surface area contributed by atoms with Gasteiger partial charge in [-0.25, -0.2) is 19.2 Å². The first kappa shape index (κ1) is 35.4. The molecule has 2 bridgehead atoms. The van der Waals surface area contributed by atoms with E-state index in [0.717, 1.165) is 38.8 Å². The molecule has 0 aromatic heterocycles. The van der Waals surface area contributed by atoms with Gasteiger partial charge in [0.05, 0.1) is 26.4 Å². The minimum atomic E-state index is -0.412. The molecule has 11 nitrogen and oxygen atoms in total. The van der Waals surface area contributed by atoms with Gasteiger partial charge in [0.2, 0.25) is 0 Å². The zero-order valence-electron chi connectivity index (χ0n) is 27.2. The van der Waals surface area contributed by atoms with E-state index in [9.17, 15) is 19.2 Å². The Morgan fingerprint density at radius 3 is 1.82 bits per heavy atom. The molecule has 6 atom stereocenters. The number of fused-ring (bicyclic) bond motifs is 5. The lowest BCUT2D eigenvalue weighted by molar-refractivity contribution is -0.139. The number of nitrogens with zero attached hydrogens (tertiary/aromatic N) is 1. The van der Waals surface area contributed by atoms with Crippen molar-refractivity contribution in [3.63, 3.8) is 0 Å². The largest absolute Gasteiger partial charge is 0.462 e. The summed E-state index contributed by atoms with van der Waals surface area (Å²) in [6.45, 7) is 19.0. The Balaban J connectivity index is 1.33. The molecule has 2 heterocycles. The lowest BCUT2D eigenvalue weighted by Crippen LogP contribution is -2.48. The van der Waals surface area contributed by atoms with E-state index >= 15 is 0 Å². The molecule has 11 heteroatoms. The van der Waals surface area contributed by atoms with Gasteiger partial charge in [0, 0.05) is 54.2 Å². The zero-order valence-corrected chi connectivity index (χ0v) is 27.2. The lowest BCUT2D eigenvalue weighted by atomic mass is 9.66. The maximum atomic E-state index is 12.3. The second-order valence-electron chi connectivity index (χ2n) is 13.7. The molecule has 6 unspecified atom stereocenters. The summed E-state index contributed by atoms with van der Waals surface area (Å²) in [7, 11) is 0. The second-order valence-corrected chi connectivity index (χ2v) is 13.7. The van der Waals surface area contributed by atoms with Crippen molar-refractivity contribution in [3.8, 4) is 0 Å². The molecule has 0 aromatic rings. The number of rotatable bonds is 16. The lowest BCUT2D eigenvalue weighted by Gasteiger charge is -2.43. The number of nitrogens with one attached hydrogen (secondary N) is 2. The van der Waals surface area contributed by atoms with Gasteiger partial charge in [-0.1, -0.05) is 27.0 Å². The van der Waals surface area contributed by atoms with E-state index < -0.39 is 24.1 Å². The van der Waals surface area contributed by atoms with Crippen LogP contribution < -0.4 is 10.6 Å². The average Bonchev–Trinajstić information content (AvgIpc) is 3.22. The topological polar surface area (TPSA) is 132 Å². The summed E-state index contributed by atoms with van der Waals surface area (Å²) >= 11 is 0. The Morgan fingerprint density at radius 2 is 1.30 bits per heavy atom. The fraction of sp³-hybridized carbons (Fsp3) is 0.758. The van der Waals surface area contributed by atoms with Gasteiger partial charge >= 0.3 is 24.1 Å². The van der Waals surface area contributed by atoms with Crippen molar-refractivity contribution in [1.29, 1.82) is 0 Å². The summed E-state index contributed by atoms with van der Waals surface area (Å²) in [6, 6.07) is 0.446. The number of amides is 2. The number of hydrogen-bond donors (Lipinski definition) is 2. The van der Waals surface area contributed by atoms with Crippen LogP contribution in [-0.2, 0) is 28.5 Å². The Morgan fingerprint density at radius 1 is 0.773 bits per heavy atom. The minimum absolute atomic E-state index is 0.0810. The molecule has 3 fully saturated rings. The van der Waals surface area contributed by atoms with Gasteiger partial charge in [-0.15, -0.1) is 0 Å². The molecule has 44 heavy (non-hydrogen) atoms. The molecule has 1 saturated carbocycles. The van der Waals surface area contributed by atoms with Crippen LogP contribution in [0.25, 0.3) is 0 Å². The van der Waals surface area contributed by atoms with Gasteiger partial charge < -0.3 is 29.6 Å². The fourth-order valence-corrected chi connectivity index (χ4v) is 6.80. The molecule has 0 radical (unpaired) electrons. The predicted molar refractivity (Wildman–Crippen MR) is 166 cm³/mol. The van der Waals surface area contributed by atoms with Crippen molar-refractivity contribution in [2.24, 2.45) is 22.7 Å². The normalized spacial score (nSPS) is 28.6. The number of carbonyl (C=O) groups excluding carboxylic acids is 4. The number of hydrogen-bond acceptors (Lipinski definition) is 9. The van der Waals surface area contributed by atoms with E-state index in [4.69, 9.17) is 18.9 Å². The Kier molecular flexibility index (Phi) is 13.1. The van der Waals surface area contributed by atoms with Gasteiger partial charge in [0.25, 0.3) is 0 Å². The Bertz CT molecular complexity index is 1060. The van der Waals surface area contributed by atoms with Crippen molar-refractivity contribution in [1.82, 2.24) is 15.5 Å². The molecule has 0 spiro atoms. The standard InChI is InChI=1S/C33H53N3O8/c1-23(2)28(37)41-15-9-7-13-34-30(39)43-21-32(5)12-11-26-25-17-33(6,20-36(19-25)27(26)18-32)22-44-31(40)35-14-8-10-16-42-29(38)24(3)4/h25-27H,1,3,7-22H2,2,4-6H3,(H,34,39)(H,35,40). The van der Waals surface area contributed by atoms with Crippen molar-refractivity contribution in [2.75, 3.05) is 52.6 Å². The zero-order chi connectivity index (χ0) is 32.3. The van der Waals surface area contributed by atoms with Crippen LogP contribution in [0.4, 0.5) is 9.59 Å². The van der Waals surface area contributed by atoms with Crippen molar-refractivity contribution >= 4 is 24.1 Å². The summed E-state index contributed by atoms with van der Waals surface area (Å²) in [5.41, 5.74) is 0.563. The van der Waals surface area contributed by atoms with Gasteiger partial charge in [-0.05, 0) is 77.0 Å². The molecule has 3 aliphatic rings. The first-order valence-corrected chi connectivity index (χ1v) is 16.0. The Labute approximate surface area is 262 Å². The maximum Gasteiger partial charge on any atom is 0.407 e. The third kappa shape index (κ3) is 10.8. The highest BCUT2D eigenvalue weighted by molar-refractivity contribution is 5.87. The van der Waals surface area contributed by atoms with Crippen LogP contribution in [0, 0.1) is 22.7 Å². The molecule has 2 aliphatic heterocycles. The second kappa shape index (κ2) is 16.3. The SMILES string of the molecule is C=C(C)C(=O)OCCCCNC(=O)OCC1(C)CCC2C3CN(CC(C)(COC(=O)NCCCCOC(=O)C(=C)C)C3)C2C1. The van der Waals surface area contributed by atoms with Gasteiger partial charge in [0.1, 0.15) is 0 Å². The average molecular weight is 620 g/mol. The monoisotopic (exact) mass is 619 g/mol. The van der Waals surface area contributed by atoms with Gasteiger partial charge in [0.15, 0.2) is 0 Å². The number of carbonyl (C=O) groups is 4. The van der Waals surface area contributed by atoms with Crippen LogP contribution in [0.15, 0.2) is 24.3 Å². The van der Waals surface area contributed by atoms with Crippen molar-refractivity contribution < 1.29 is 38.1 Å². The van der Waals surface area contributed by atoms with E-state index in [1.807, 2.05) is 0 Å². The molecule has 248 valence electrons. The predicted octanol–water partition coefficient (Wildman–Crippen LogP) is 4.75. The number of esters is 2. The maximum absolute atomic E-state index is 12.3. The number of piperidine rings is 1. The van der Waals surface area contributed by atoms with Crippen molar-refractivity contribution in [2.45, 2.75) is 85.1 Å². The smallest absolute Gasteiger partial charge is 0.407 e. The Hall–Kier alpha value is -3.08. The minimum Gasteiger partial charge on any atom is -0.462 e.